The summed E-state index contributed by atoms with van der Waals surface area (Å²) < 4.78 is 15.7. The summed E-state index contributed by atoms with van der Waals surface area (Å²) in [6.45, 7) is 5.93. The zero-order valence-corrected chi connectivity index (χ0v) is 17.7. The predicted molar refractivity (Wildman–Crippen MR) is 118 cm³/mol. The maximum absolute atomic E-state index is 12.4. The number of alkyl carbamates (subject to hydrolysis) is 1. The number of hydrogen-bond acceptors (Lipinski definition) is 6. The minimum atomic E-state index is -0.585. The van der Waals surface area contributed by atoms with Crippen LogP contribution in [0.15, 0.2) is 66.3 Å². The molecule has 0 heterocycles. The van der Waals surface area contributed by atoms with Crippen molar-refractivity contribution in [2.75, 3.05) is 20.3 Å². The molecule has 0 radical (unpaired) electrons. The average molecular weight is 425 g/mol. The van der Waals surface area contributed by atoms with E-state index in [2.05, 4.69) is 22.4 Å². The zero-order valence-electron chi connectivity index (χ0n) is 17.7. The minimum absolute atomic E-state index is 0.00216. The van der Waals surface area contributed by atoms with Gasteiger partial charge in [-0.2, -0.15) is 5.10 Å². The molecule has 0 aromatic heterocycles. The Labute approximate surface area is 181 Å². The molecule has 0 spiro atoms. The van der Waals surface area contributed by atoms with E-state index in [0.717, 1.165) is 5.56 Å². The molecule has 0 aliphatic rings. The Balaban J connectivity index is 2.00. The molecule has 2 N–H and O–H groups in total. The van der Waals surface area contributed by atoms with E-state index in [-0.39, 0.29) is 18.9 Å². The molecule has 2 amide bonds. The molecule has 8 heteroatoms. The van der Waals surface area contributed by atoms with Crippen molar-refractivity contribution in [1.29, 1.82) is 0 Å². The molecule has 8 nitrogen and oxygen atoms in total. The summed E-state index contributed by atoms with van der Waals surface area (Å²) in [5.74, 6) is 0.763. The van der Waals surface area contributed by atoms with Gasteiger partial charge in [0.1, 0.15) is 6.61 Å². The van der Waals surface area contributed by atoms with Gasteiger partial charge in [-0.1, -0.05) is 43.0 Å². The molecule has 164 valence electrons. The van der Waals surface area contributed by atoms with E-state index in [1.54, 1.807) is 38.3 Å². The summed E-state index contributed by atoms with van der Waals surface area (Å²) >= 11 is 0. The first-order valence-corrected chi connectivity index (χ1v) is 9.79. The van der Waals surface area contributed by atoms with Crippen LogP contribution in [0.1, 0.15) is 30.5 Å². The Hall–Kier alpha value is -3.81. The second-order valence-electron chi connectivity index (χ2n) is 6.34. The normalized spacial score (nSPS) is 11.4. The summed E-state index contributed by atoms with van der Waals surface area (Å²) in [5.41, 5.74) is 3.98. The van der Waals surface area contributed by atoms with E-state index in [0.29, 0.717) is 23.7 Å². The van der Waals surface area contributed by atoms with Crippen molar-refractivity contribution in [3.63, 3.8) is 0 Å². The number of benzene rings is 2. The number of hydrazone groups is 1. The molecule has 0 saturated heterocycles. The largest absolute Gasteiger partial charge is 0.493 e. The van der Waals surface area contributed by atoms with E-state index in [4.69, 9.17) is 14.2 Å². The van der Waals surface area contributed by atoms with Crippen molar-refractivity contribution in [1.82, 2.24) is 10.7 Å². The van der Waals surface area contributed by atoms with Crippen LogP contribution in [0.4, 0.5) is 4.79 Å². The Morgan fingerprint density at radius 1 is 1.16 bits per heavy atom. The van der Waals surface area contributed by atoms with Crippen molar-refractivity contribution >= 4 is 18.2 Å². The smallest absolute Gasteiger partial charge is 0.407 e. The fourth-order valence-electron chi connectivity index (χ4n) is 2.69. The third kappa shape index (κ3) is 7.85. The molecule has 0 saturated carbocycles. The Morgan fingerprint density at radius 3 is 2.61 bits per heavy atom. The van der Waals surface area contributed by atoms with Crippen LogP contribution in [0.5, 0.6) is 11.5 Å². The number of nitrogens with one attached hydrogen (secondary N) is 2. The summed E-state index contributed by atoms with van der Waals surface area (Å²) in [6, 6.07) is 13.9. The molecule has 0 aliphatic heterocycles. The van der Waals surface area contributed by atoms with Gasteiger partial charge in [-0.05, 0) is 36.2 Å². The number of rotatable bonds is 11. The van der Waals surface area contributed by atoms with Crippen LogP contribution in [0.25, 0.3) is 0 Å². The van der Waals surface area contributed by atoms with Crippen molar-refractivity contribution in [2.24, 2.45) is 5.10 Å². The standard InChI is InChI=1S/C23H27N3O5/c1-4-13-31-20-12-11-17(14-21(20)29-3)16-24-26-22(27)15-19(25-23(28)30-5-2)18-9-7-6-8-10-18/h4,6-12,14,16,19H,1,5,13,15H2,2-3H3,(H,25,28)(H,26,27)/b24-16-/t19-/m1/s1. The van der Waals surface area contributed by atoms with Crippen LogP contribution in [0, 0.1) is 0 Å². The highest BCUT2D eigenvalue weighted by atomic mass is 16.5. The first-order chi connectivity index (χ1) is 15.1. The van der Waals surface area contributed by atoms with Crippen LogP contribution in [0.2, 0.25) is 0 Å². The fraction of sp³-hybridized carbons (Fsp3) is 0.261. The van der Waals surface area contributed by atoms with Crippen molar-refractivity contribution in [3.8, 4) is 11.5 Å². The molecule has 2 aromatic carbocycles. The predicted octanol–water partition coefficient (Wildman–Crippen LogP) is 3.59. The van der Waals surface area contributed by atoms with Gasteiger partial charge in [0.15, 0.2) is 11.5 Å². The fourth-order valence-corrected chi connectivity index (χ4v) is 2.69. The number of carbonyl (C=O) groups is 2. The van der Waals surface area contributed by atoms with Crippen LogP contribution in [-0.2, 0) is 9.53 Å². The second kappa shape index (κ2) is 12.7. The average Bonchev–Trinajstić information content (AvgIpc) is 2.78. The Morgan fingerprint density at radius 2 is 1.94 bits per heavy atom. The topological polar surface area (TPSA) is 98.2 Å². The highest BCUT2D eigenvalue weighted by Gasteiger charge is 2.18. The van der Waals surface area contributed by atoms with Gasteiger partial charge >= 0.3 is 6.09 Å². The van der Waals surface area contributed by atoms with E-state index < -0.39 is 12.1 Å². The number of nitrogens with zero attached hydrogens (tertiary/aromatic N) is 1. The van der Waals surface area contributed by atoms with Crippen molar-refractivity contribution in [2.45, 2.75) is 19.4 Å². The van der Waals surface area contributed by atoms with E-state index >= 15 is 0 Å². The number of hydrogen-bond donors (Lipinski definition) is 2. The van der Waals surface area contributed by atoms with Gasteiger partial charge in [0.2, 0.25) is 5.91 Å². The summed E-state index contributed by atoms with van der Waals surface area (Å²) in [6.07, 6.45) is 2.55. The highest BCUT2D eigenvalue weighted by molar-refractivity contribution is 5.83. The number of amides is 2. The molecular formula is C23H27N3O5. The van der Waals surface area contributed by atoms with Crippen LogP contribution < -0.4 is 20.2 Å². The van der Waals surface area contributed by atoms with Gasteiger partial charge in [0.05, 0.1) is 32.4 Å². The monoisotopic (exact) mass is 425 g/mol. The lowest BCUT2D eigenvalue weighted by molar-refractivity contribution is -0.121. The molecule has 0 fully saturated rings. The molecule has 2 rings (SSSR count). The number of ether oxygens (including phenoxy) is 3. The van der Waals surface area contributed by atoms with E-state index in [9.17, 15) is 9.59 Å². The summed E-state index contributed by atoms with van der Waals surface area (Å²) in [5, 5.41) is 6.69. The maximum atomic E-state index is 12.4. The van der Waals surface area contributed by atoms with Crippen molar-refractivity contribution < 1.29 is 23.8 Å². The first-order valence-electron chi connectivity index (χ1n) is 9.79. The Bertz CT molecular complexity index is 899. The van der Waals surface area contributed by atoms with E-state index in [1.807, 2.05) is 30.3 Å². The lowest BCUT2D eigenvalue weighted by Gasteiger charge is -2.18. The third-order valence-corrected chi connectivity index (χ3v) is 4.11. The molecular weight excluding hydrogens is 398 g/mol. The van der Waals surface area contributed by atoms with Gasteiger partial charge in [-0.25, -0.2) is 10.2 Å². The lowest BCUT2D eigenvalue weighted by atomic mass is 10.0. The SMILES string of the molecule is C=CCOc1ccc(/C=N\NC(=O)C[C@@H](NC(=O)OCC)c2ccccc2)cc1OC. The first kappa shape index (κ1) is 23.5. The molecule has 0 aliphatic carbocycles. The number of methoxy groups -OCH3 is 1. The summed E-state index contributed by atoms with van der Waals surface area (Å²) in [4.78, 5) is 24.2. The van der Waals surface area contributed by atoms with Gasteiger partial charge in [-0.15, -0.1) is 0 Å². The van der Waals surface area contributed by atoms with Gasteiger partial charge < -0.3 is 19.5 Å². The zero-order chi connectivity index (χ0) is 22.5. The quantitative estimate of drug-likeness (QED) is 0.326. The van der Waals surface area contributed by atoms with Crippen LogP contribution in [-0.4, -0.2) is 38.5 Å². The molecule has 1 atom stereocenters. The van der Waals surface area contributed by atoms with Crippen LogP contribution in [0.3, 0.4) is 0 Å². The Kier molecular flexibility index (Phi) is 9.61. The number of carbonyl (C=O) groups excluding carboxylic acids is 2. The van der Waals surface area contributed by atoms with Gasteiger partial charge in [-0.3, -0.25) is 4.79 Å². The van der Waals surface area contributed by atoms with Gasteiger partial charge in [0, 0.05) is 0 Å². The van der Waals surface area contributed by atoms with Gasteiger partial charge in [0.25, 0.3) is 0 Å². The molecule has 31 heavy (non-hydrogen) atoms. The second-order valence-corrected chi connectivity index (χ2v) is 6.34. The highest BCUT2D eigenvalue weighted by Crippen LogP contribution is 2.27. The van der Waals surface area contributed by atoms with E-state index in [1.165, 1.54) is 6.21 Å². The van der Waals surface area contributed by atoms with Crippen molar-refractivity contribution in [3.05, 3.63) is 72.3 Å². The lowest BCUT2D eigenvalue weighted by Crippen LogP contribution is -2.33. The van der Waals surface area contributed by atoms with Crippen LogP contribution >= 0.6 is 0 Å². The maximum Gasteiger partial charge on any atom is 0.407 e. The molecule has 2 aromatic rings. The minimum Gasteiger partial charge on any atom is -0.493 e. The third-order valence-electron chi connectivity index (χ3n) is 4.11. The molecule has 0 unspecified atom stereocenters. The summed E-state index contributed by atoms with van der Waals surface area (Å²) in [7, 11) is 1.54. The molecule has 0 bridgehead atoms.